The Balaban J connectivity index is 1.58. The normalized spacial score (nSPS) is 15.9. The van der Waals surface area contributed by atoms with Crippen molar-refractivity contribution < 1.29 is 18.0 Å². The van der Waals surface area contributed by atoms with Crippen molar-refractivity contribution in [3.63, 3.8) is 0 Å². The maximum atomic E-state index is 12.8. The first-order chi connectivity index (χ1) is 13.3. The number of aromatic nitrogens is 2. The highest BCUT2D eigenvalue weighted by molar-refractivity contribution is 7.89. The van der Waals surface area contributed by atoms with E-state index in [1.165, 1.54) is 29.6 Å². The van der Waals surface area contributed by atoms with Gasteiger partial charge >= 0.3 is 0 Å². The Bertz CT molecular complexity index is 960. The quantitative estimate of drug-likeness (QED) is 0.769. The average molecular weight is 405 g/mol. The van der Waals surface area contributed by atoms with Crippen LogP contribution in [0.2, 0.25) is 0 Å². The molecule has 1 fully saturated rings. The van der Waals surface area contributed by atoms with Gasteiger partial charge in [0.1, 0.15) is 0 Å². The van der Waals surface area contributed by atoms with Crippen LogP contribution in [0.15, 0.2) is 41.6 Å². The van der Waals surface area contributed by atoms with Gasteiger partial charge < -0.3 is 10.6 Å². The van der Waals surface area contributed by atoms with Crippen molar-refractivity contribution in [3.05, 3.63) is 42.2 Å². The van der Waals surface area contributed by atoms with E-state index in [-0.39, 0.29) is 22.8 Å². The zero-order valence-electron chi connectivity index (χ0n) is 15.8. The topological polar surface area (TPSA) is 113 Å². The summed E-state index contributed by atoms with van der Waals surface area (Å²) in [5.74, 6) is -0.422. The van der Waals surface area contributed by atoms with Crippen molar-refractivity contribution in [2.75, 3.05) is 18.4 Å². The number of nitrogens with one attached hydrogen (secondary N) is 2. The molecule has 0 aliphatic carbocycles. The molecule has 2 aromatic rings. The monoisotopic (exact) mass is 405 g/mol. The Morgan fingerprint density at radius 2 is 1.79 bits per heavy atom. The summed E-state index contributed by atoms with van der Waals surface area (Å²) >= 11 is 0. The molecule has 1 aliphatic rings. The molecule has 2 N–H and O–H groups in total. The molecule has 3 rings (SSSR count). The second-order valence-electron chi connectivity index (χ2n) is 6.76. The Morgan fingerprint density at radius 1 is 1.14 bits per heavy atom. The third kappa shape index (κ3) is 4.57. The van der Waals surface area contributed by atoms with Crippen molar-refractivity contribution in [1.82, 2.24) is 19.4 Å². The first kappa shape index (κ1) is 20.0. The number of benzene rings is 1. The van der Waals surface area contributed by atoms with Crippen LogP contribution in [-0.2, 0) is 21.9 Å². The minimum Gasteiger partial charge on any atom is -0.349 e. The minimum atomic E-state index is -3.61. The SMILES string of the molecule is CC(=O)Nc1ccc(S(=O)(=O)N2CCC(NC(=O)c3cnn(C)c3)CC2)cc1. The zero-order valence-corrected chi connectivity index (χ0v) is 16.6. The van der Waals surface area contributed by atoms with Gasteiger partial charge in [0.25, 0.3) is 5.91 Å². The summed E-state index contributed by atoms with van der Waals surface area (Å²) in [6.07, 6.45) is 4.21. The number of hydrogen-bond donors (Lipinski definition) is 2. The third-order valence-corrected chi connectivity index (χ3v) is 6.48. The molecule has 10 heteroatoms. The van der Waals surface area contributed by atoms with Gasteiger partial charge in [0.05, 0.1) is 16.7 Å². The van der Waals surface area contributed by atoms with E-state index in [0.29, 0.717) is 37.2 Å². The summed E-state index contributed by atoms with van der Waals surface area (Å²) in [4.78, 5) is 23.5. The van der Waals surface area contributed by atoms with Crippen molar-refractivity contribution in [3.8, 4) is 0 Å². The summed E-state index contributed by atoms with van der Waals surface area (Å²) < 4.78 is 28.6. The number of sulfonamides is 1. The number of amides is 2. The van der Waals surface area contributed by atoms with Crippen LogP contribution >= 0.6 is 0 Å². The van der Waals surface area contributed by atoms with Crippen molar-refractivity contribution in [1.29, 1.82) is 0 Å². The molecule has 1 aliphatic heterocycles. The molecule has 0 unspecified atom stereocenters. The molecule has 2 amide bonds. The second-order valence-corrected chi connectivity index (χ2v) is 8.70. The Hall–Kier alpha value is -2.72. The molecule has 0 radical (unpaired) electrons. The van der Waals surface area contributed by atoms with Gasteiger partial charge in [-0.2, -0.15) is 9.40 Å². The largest absolute Gasteiger partial charge is 0.349 e. The minimum absolute atomic E-state index is 0.0821. The Kier molecular flexibility index (Phi) is 5.80. The summed E-state index contributed by atoms with van der Waals surface area (Å²) in [7, 11) is -1.87. The molecule has 0 saturated carbocycles. The van der Waals surface area contributed by atoms with Crippen molar-refractivity contribution in [2.45, 2.75) is 30.7 Å². The Morgan fingerprint density at radius 3 is 2.32 bits per heavy atom. The number of aryl methyl sites for hydroxylation is 1. The van der Waals surface area contributed by atoms with Crippen molar-refractivity contribution in [2.24, 2.45) is 7.05 Å². The summed E-state index contributed by atoms with van der Waals surface area (Å²) in [5, 5.41) is 9.52. The molecule has 0 bridgehead atoms. The van der Waals surface area contributed by atoms with E-state index in [2.05, 4.69) is 15.7 Å². The summed E-state index contributed by atoms with van der Waals surface area (Å²) in [6, 6.07) is 6.01. The van der Waals surface area contributed by atoms with E-state index in [1.54, 1.807) is 30.1 Å². The van der Waals surface area contributed by atoms with E-state index in [0.717, 1.165) is 0 Å². The van der Waals surface area contributed by atoms with Crippen LogP contribution in [-0.4, -0.2) is 53.4 Å². The van der Waals surface area contributed by atoms with E-state index in [4.69, 9.17) is 0 Å². The van der Waals surface area contributed by atoms with Gasteiger partial charge in [-0.15, -0.1) is 0 Å². The molecule has 0 atom stereocenters. The number of carbonyl (C=O) groups is 2. The molecule has 2 heterocycles. The molecular formula is C18H23N5O4S. The van der Waals surface area contributed by atoms with Gasteiger partial charge in [0.15, 0.2) is 0 Å². The number of anilines is 1. The highest BCUT2D eigenvalue weighted by Crippen LogP contribution is 2.22. The van der Waals surface area contributed by atoms with Crippen LogP contribution in [0.25, 0.3) is 0 Å². The number of carbonyl (C=O) groups excluding carboxylic acids is 2. The molecule has 150 valence electrons. The molecular weight excluding hydrogens is 382 g/mol. The number of rotatable bonds is 5. The van der Waals surface area contributed by atoms with Gasteiger partial charge in [-0.25, -0.2) is 8.42 Å². The highest BCUT2D eigenvalue weighted by atomic mass is 32.2. The van der Waals surface area contributed by atoms with Gasteiger partial charge in [-0.05, 0) is 37.1 Å². The van der Waals surface area contributed by atoms with Crippen LogP contribution < -0.4 is 10.6 Å². The molecule has 1 aromatic carbocycles. The van der Waals surface area contributed by atoms with Crippen LogP contribution in [0.3, 0.4) is 0 Å². The van der Waals surface area contributed by atoms with Crippen LogP contribution in [0, 0.1) is 0 Å². The van der Waals surface area contributed by atoms with Crippen LogP contribution in [0.1, 0.15) is 30.1 Å². The molecule has 28 heavy (non-hydrogen) atoms. The molecule has 9 nitrogen and oxygen atoms in total. The fourth-order valence-electron chi connectivity index (χ4n) is 3.11. The lowest BCUT2D eigenvalue weighted by atomic mass is 10.1. The van der Waals surface area contributed by atoms with E-state index in [1.807, 2.05) is 0 Å². The fraction of sp³-hybridized carbons (Fsp3) is 0.389. The summed E-state index contributed by atoms with van der Waals surface area (Å²) in [6.45, 7) is 2.05. The fourth-order valence-corrected chi connectivity index (χ4v) is 4.58. The Labute approximate surface area is 163 Å². The van der Waals surface area contributed by atoms with Crippen molar-refractivity contribution >= 4 is 27.5 Å². The van der Waals surface area contributed by atoms with Gasteiger partial charge in [-0.3, -0.25) is 14.3 Å². The smallest absolute Gasteiger partial charge is 0.254 e. The van der Waals surface area contributed by atoms with E-state index in [9.17, 15) is 18.0 Å². The molecule has 0 spiro atoms. The second kappa shape index (κ2) is 8.11. The lowest BCUT2D eigenvalue weighted by molar-refractivity contribution is -0.114. The zero-order chi connectivity index (χ0) is 20.3. The standard InChI is InChI=1S/C18H23N5O4S/c1-13(24)20-15-3-5-17(6-4-15)28(26,27)23-9-7-16(8-10-23)21-18(25)14-11-19-22(2)12-14/h3-6,11-12,16H,7-10H2,1-2H3,(H,20,24)(H,21,25). The maximum Gasteiger partial charge on any atom is 0.254 e. The number of hydrogen-bond acceptors (Lipinski definition) is 5. The predicted octanol–water partition coefficient (Wildman–Crippen LogP) is 0.962. The van der Waals surface area contributed by atoms with E-state index >= 15 is 0 Å². The van der Waals surface area contributed by atoms with Crippen LogP contribution in [0.4, 0.5) is 5.69 Å². The van der Waals surface area contributed by atoms with Gasteiger partial charge in [0, 0.05) is 45.0 Å². The highest BCUT2D eigenvalue weighted by Gasteiger charge is 2.30. The maximum absolute atomic E-state index is 12.8. The lowest BCUT2D eigenvalue weighted by Crippen LogP contribution is -2.46. The third-order valence-electron chi connectivity index (χ3n) is 4.57. The molecule has 1 saturated heterocycles. The van der Waals surface area contributed by atoms with Gasteiger partial charge in [-0.1, -0.05) is 0 Å². The first-order valence-electron chi connectivity index (χ1n) is 8.93. The summed E-state index contributed by atoms with van der Waals surface area (Å²) in [5.41, 5.74) is 1.03. The average Bonchev–Trinajstić information content (AvgIpc) is 3.09. The number of nitrogens with zero attached hydrogens (tertiary/aromatic N) is 3. The number of piperidine rings is 1. The molecule has 1 aromatic heterocycles. The first-order valence-corrected chi connectivity index (χ1v) is 10.4. The van der Waals surface area contributed by atoms with Gasteiger partial charge in [0.2, 0.25) is 15.9 Å². The predicted molar refractivity (Wildman–Crippen MR) is 103 cm³/mol. The van der Waals surface area contributed by atoms with Crippen LogP contribution in [0.5, 0.6) is 0 Å². The van der Waals surface area contributed by atoms with E-state index < -0.39 is 10.0 Å². The lowest BCUT2D eigenvalue weighted by Gasteiger charge is -2.31.